The Morgan fingerprint density at radius 1 is 1.25 bits per heavy atom. The van der Waals surface area contributed by atoms with Gasteiger partial charge in [-0.15, -0.1) is 0 Å². The van der Waals surface area contributed by atoms with Crippen molar-refractivity contribution in [3.8, 4) is 0 Å². The van der Waals surface area contributed by atoms with Gasteiger partial charge in [0.05, 0.1) is 0 Å². The van der Waals surface area contributed by atoms with Crippen molar-refractivity contribution in [2.75, 3.05) is 13.1 Å². The van der Waals surface area contributed by atoms with Crippen molar-refractivity contribution in [3.63, 3.8) is 0 Å². The molecule has 1 unspecified atom stereocenters. The molecule has 3 N–H and O–H groups in total. The van der Waals surface area contributed by atoms with Crippen LogP contribution >= 0.6 is 0 Å². The maximum atomic E-state index is 5.40. The molecule has 0 radical (unpaired) electrons. The topological polar surface area (TPSA) is 38.0 Å². The van der Waals surface area contributed by atoms with Crippen LogP contribution in [0, 0.1) is 5.41 Å². The van der Waals surface area contributed by atoms with Crippen molar-refractivity contribution in [2.24, 2.45) is 11.1 Å². The summed E-state index contributed by atoms with van der Waals surface area (Å²) in [5.74, 6) is 0. The summed E-state index contributed by atoms with van der Waals surface area (Å²) in [6, 6.07) is 0.579. The summed E-state index contributed by atoms with van der Waals surface area (Å²) in [4.78, 5) is 0. The normalized spacial score (nSPS) is 14.8. The molecule has 0 aromatic heterocycles. The molecule has 2 nitrogen and oxygen atoms in total. The number of nitrogens with two attached hydrogens (primary N) is 1. The van der Waals surface area contributed by atoms with Gasteiger partial charge in [-0.1, -0.05) is 20.8 Å². The molecule has 0 aromatic carbocycles. The van der Waals surface area contributed by atoms with Gasteiger partial charge in [0.1, 0.15) is 0 Å². The van der Waals surface area contributed by atoms with Crippen LogP contribution in [0.15, 0.2) is 0 Å². The molecule has 0 aromatic rings. The van der Waals surface area contributed by atoms with Gasteiger partial charge in [-0.3, -0.25) is 0 Å². The second-order valence-corrected chi connectivity index (χ2v) is 4.54. The highest BCUT2D eigenvalue weighted by Crippen LogP contribution is 2.18. The number of unbranched alkanes of at least 4 members (excludes halogenated alkanes) is 1. The molecule has 0 fully saturated rings. The Bertz CT molecular complexity index is 105. The van der Waals surface area contributed by atoms with Gasteiger partial charge in [0.25, 0.3) is 0 Å². The van der Waals surface area contributed by atoms with Crippen LogP contribution in [0.1, 0.15) is 40.5 Å². The fourth-order valence-corrected chi connectivity index (χ4v) is 0.894. The summed E-state index contributed by atoms with van der Waals surface area (Å²) in [5, 5.41) is 3.50. The second-order valence-electron chi connectivity index (χ2n) is 4.54. The molecule has 0 rings (SSSR count). The Morgan fingerprint density at radius 2 is 1.83 bits per heavy atom. The third kappa shape index (κ3) is 5.56. The number of hydrogen-bond donors (Lipinski definition) is 2. The molecule has 12 heavy (non-hydrogen) atoms. The zero-order valence-electron chi connectivity index (χ0n) is 8.98. The molecule has 0 spiro atoms. The Hall–Kier alpha value is -0.0800. The van der Waals surface area contributed by atoms with Crippen molar-refractivity contribution >= 4 is 0 Å². The Labute approximate surface area is 76.9 Å². The standard InChI is InChI=1S/C10H24N2/c1-9(10(2,3)4)12-8-6-5-7-11/h9,12H,5-8,11H2,1-4H3. The average molecular weight is 172 g/mol. The number of rotatable bonds is 5. The quantitative estimate of drug-likeness (QED) is 0.620. The molecular weight excluding hydrogens is 148 g/mol. The summed E-state index contributed by atoms with van der Waals surface area (Å²) < 4.78 is 0. The predicted octanol–water partition coefficient (Wildman–Crippen LogP) is 1.75. The Balaban J connectivity index is 3.38. The summed E-state index contributed by atoms with van der Waals surface area (Å²) in [5.41, 5.74) is 5.77. The molecule has 74 valence electrons. The molecule has 0 aliphatic carbocycles. The van der Waals surface area contributed by atoms with Gasteiger partial charge in [-0.25, -0.2) is 0 Å². The SMILES string of the molecule is CC(NCCCCN)C(C)(C)C. The van der Waals surface area contributed by atoms with Crippen LogP contribution in [0.5, 0.6) is 0 Å². The molecule has 0 aliphatic heterocycles. The van der Waals surface area contributed by atoms with E-state index in [4.69, 9.17) is 5.73 Å². The molecule has 0 amide bonds. The summed E-state index contributed by atoms with van der Waals surface area (Å²) in [6.07, 6.45) is 2.32. The highest BCUT2D eigenvalue weighted by molar-refractivity contribution is 4.75. The summed E-state index contributed by atoms with van der Waals surface area (Å²) >= 11 is 0. The van der Waals surface area contributed by atoms with Crippen molar-refractivity contribution < 1.29 is 0 Å². The first kappa shape index (κ1) is 11.9. The highest BCUT2D eigenvalue weighted by Gasteiger charge is 2.18. The van der Waals surface area contributed by atoms with Gasteiger partial charge in [0.2, 0.25) is 0 Å². The maximum absolute atomic E-state index is 5.40. The van der Waals surface area contributed by atoms with E-state index in [1.807, 2.05) is 0 Å². The van der Waals surface area contributed by atoms with Crippen molar-refractivity contribution in [2.45, 2.75) is 46.6 Å². The van der Waals surface area contributed by atoms with Crippen LogP contribution < -0.4 is 11.1 Å². The minimum absolute atomic E-state index is 0.364. The minimum atomic E-state index is 0.364. The van der Waals surface area contributed by atoms with Crippen LogP contribution in [0.3, 0.4) is 0 Å². The van der Waals surface area contributed by atoms with Crippen LogP contribution in [0.25, 0.3) is 0 Å². The molecule has 0 heterocycles. The lowest BCUT2D eigenvalue weighted by atomic mass is 9.88. The first-order chi connectivity index (χ1) is 5.48. The lowest BCUT2D eigenvalue weighted by Gasteiger charge is -2.28. The van der Waals surface area contributed by atoms with Crippen LogP contribution in [-0.2, 0) is 0 Å². The van der Waals surface area contributed by atoms with Gasteiger partial charge in [-0.2, -0.15) is 0 Å². The van der Waals surface area contributed by atoms with E-state index >= 15 is 0 Å². The predicted molar refractivity (Wildman–Crippen MR) is 55.2 cm³/mol. The van der Waals surface area contributed by atoms with Gasteiger partial charge in [0.15, 0.2) is 0 Å². The van der Waals surface area contributed by atoms with E-state index < -0.39 is 0 Å². The third-order valence-electron chi connectivity index (χ3n) is 2.38. The van der Waals surface area contributed by atoms with Crippen molar-refractivity contribution in [1.82, 2.24) is 5.32 Å². The van der Waals surface area contributed by atoms with Crippen molar-refractivity contribution in [1.29, 1.82) is 0 Å². The first-order valence-electron chi connectivity index (χ1n) is 4.92. The minimum Gasteiger partial charge on any atom is -0.330 e. The third-order valence-corrected chi connectivity index (χ3v) is 2.38. The van der Waals surface area contributed by atoms with E-state index in [0.29, 0.717) is 11.5 Å². The summed E-state index contributed by atoms with van der Waals surface area (Å²) in [7, 11) is 0. The second kappa shape index (κ2) is 5.55. The van der Waals surface area contributed by atoms with Crippen LogP contribution in [0.4, 0.5) is 0 Å². The van der Waals surface area contributed by atoms with E-state index in [9.17, 15) is 0 Å². The Kier molecular flexibility index (Phi) is 5.51. The molecule has 0 bridgehead atoms. The molecule has 2 heteroatoms. The van der Waals surface area contributed by atoms with Gasteiger partial charge in [0, 0.05) is 6.04 Å². The molecule has 0 aliphatic rings. The fourth-order valence-electron chi connectivity index (χ4n) is 0.894. The fraction of sp³-hybridized carbons (Fsp3) is 1.00. The lowest BCUT2D eigenvalue weighted by Crippen LogP contribution is -2.38. The van der Waals surface area contributed by atoms with E-state index in [1.165, 1.54) is 6.42 Å². The highest BCUT2D eigenvalue weighted by atomic mass is 14.9. The van der Waals surface area contributed by atoms with Crippen LogP contribution in [0.2, 0.25) is 0 Å². The molecular formula is C10H24N2. The number of nitrogens with one attached hydrogen (secondary N) is 1. The first-order valence-corrected chi connectivity index (χ1v) is 4.92. The molecule has 1 atom stereocenters. The number of hydrogen-bond acceptors (Lipinski definition) is 2. The lowest BCUT2D eigenvalue weighted by molar-refractivity contribution is 0.286. The van der Waals surface area contributed by atoms with E-state index in [0.717, 1.165) is 19.5 Å². The largest absolute Gasteiger partial charge is 0.330 e. The van der Waals surface area contributed by atoms with Gasteiger partial charge in [-0.05, 0) is 38.3 Å². The van der Waals surface area contributed by atoms with E-state index in [1.54, 1.807) is 0 Å². The smallest absolute Gasteiger partial charge is 0.00872 e. The maximum Gasteiger partial charge on any atom is 0.00872 e. The Morgan fingerprint density at radius 3 is 2.25 bits per heavy atom. The van der Waals surface area contributed by atoms with Crippen molar-refractivity contribution in [3.05, 3.63) is 0 Å². The van der Waals surface area contributed by atoms with Gasteiger partial charge >= 0.3 is 0 Å². The van der Waals surface area contributed by atoms with Crippen LogP contribution in [-0.4, -0.2) is 19.1 Å². The summed E-state index contributed by atoms with van der Waals surface area (Å²) in [6.45, 7) is 10.9. The molecule has 0 saturated carbocycles. The zero-order valence-corrected chi connectivity index (χ0v) is 8.98. The zero-order chi connectivity index (χ0) is 9.61. The average Bonchev–Trinajstić information content (AvgIpc) is 1.96. The van der Waals surface area contributed by atoms with E-state index in [-0.39, 0.29) is 0 Å². The monoisotopic (exact) mass is 172 g/mol. The van der Waals surface area contributed by atoms with Gasteiger partial charge < -0.3 is 11.1 Å². The van der Waals surface area contributed by atoms with E-state index in [2.05, 4.69) is 33.0 Å². The molecule has 0 saturated heterocycles.